The number of carbonyl (C=O) groups excluding carboxylic acids is 1. The van der Waals surface area contributed by atoms with E-state index in [1.807, 2.05) is 29.2 Å². The summed E-state index contributed by atoms with van der Waals surface area (Å²) in [5, 5.41) is 12.0. The number of carboxylic acid groups (broad SMARTS) is 1. The third-order valence-corrected chi connectivity index (χ3v) is 5.47. The minimum atomic E-state index is -1.05. The van der Waals surface area contributed by atoms with Crippen molar-refractivity contribution in [2.24, 2.45) is 0 Å². The Morgan fingerprint density at radius 1 is 1.22 bits per heavy atom. The molecule has 1 aromatic heterocycles. The fourth-order valence-corrected chi connectivity index (χ4v) is 3.64. The predicted molar refractivity (Wildman–Crippen MR) is 125 cm³/mol. The van der Waals surface area contributed by atoms with Crippen molar-refractivity contribution in [2.45, 2.75) is 19.0 Å². The van der Waals surface area contributed by atoms with E-state index in [2.05, 4.69) is 10.3 Å². The fourth-order valence-electron chi connectivity index (χ4n) is 3.17. The van der Waals surface area contributed by atoms with E-state index in [0.29, 0.717) is 24.3 Å². The van der Waals surface area contributed by atoms with E-state index < -0.39 is 17.9 Å². The molecule has 166 valence electrons. The number of nitrogens with one attached hydrogen (secondary N) is 1. The lowest BCUT2D eigenvalue weighted by molar-refractivity contribution is -0.139. The minimum Gasteiger partial charge on any atom is -0.480 e. The van der Waals surface area contributed by atoms with Crippen LogP contribution in [0.1, 0.15) is 27.9 Å². The number of hydrogen-bond donors (Lipinski definition) is 2. The number of aliphatic carboxylic acids is 1. The van der Waals surface area contributed by atoms with Gasteiger partial charge in [-0.2, -0.15) is 11.8 Å². The molecule has 0 saturated heterocycles. The van der Waals surface area contributed by atoms with E-state index in [4.69, 9.17) is 0 Å². The Bertz CT molecular complexity index is 1080. The number of imidazole rings is 1. The maximum Gasteiger partial charge on any atom is 0.326 e. The number of rotatable bonds is 10. The number of amides is 1. The summed E-state index contributed by atoms with van der Waals surface area (Å²) in [7, 11) is 0. The van der Waals surface area contributed by atoms with Crippen LogP contribution >= 0.6 is 11.8 Å². The molecule has 1 heterocycles. The summed E-state index contributed by atoms with van der Waals surface area (Å²) in [4.78, 5) is 28.2. The Balaban J connectivity index is 1.86. The van der Waals surface area contributed by atoms with Crippen LogP contribution in [-0.4, -0.2) is 44.6 Å². The molecule has 3 aromatic rings. The van der Waals surface area contributed by atoms with Gasteiger partial charge in [-0.25, -0.2) is 14.2 Å². The van der Waals surface area contributed by atoms with Crippen LogP contribution in [-0.2, 0) is 11.3 Å². The van der Waals surface area contributed by atoms with Crippen LogP contribution in [0.15, 0.2) is 67.3 Å². The molecule has 0 fully saturated rings. The first-order chi connectivity index (χ1) is 15.5. The first-order valence-electron chi connectivity index (χ1n) is 10.0. The van der Waals surface area contributed by atoms with Crippen molar-refractivity contribution in [1.29, 1.82) is 0 Å². The van der Waals surface area contributed by atoms with Crippen LogP contribution in [0, 0.1) is 5.82 Å². The molecule has 0 aliphatic rings. The highest BCUT2D eigenvalue weighted by molar-refractivity contribution is 7.98. The normalized spacial score (nSPS) is 12.4. The van der Waals surface area contributed by atoms with Gasteiger partial charge in [0.05, 0.1) is 6.33 Å². The monoisotopic (exact) mass is 453 g/mol. The Morgan fingerprint density at radius 2 is 2.00 bits per heavy atom. The number of allylic oxidation sites excluding steroid dienone is 1. The predicted octanol–water partition coefficient (Wildman–Crippen LogP) is 4.20. The van der Waals surface area contributed by atoms with Gasteiger partial charge in [-0.05, 0) is 65.5 Å². The molecule has 1 atom stereocenters. The number of benzene rings is 2. The van der Waals surface area contributed by atoms with Gasteiger partial charge in [0.1, 0.15) is 11.9 Å². The van der Waals surface area contributed by atoms with E-state index >= 15 is 0 Å². The van der Waals surface area contributed by atoms with Crippen molar-refractivity contribution in [1.82, 2.24) is 14.9 Å². The Kier molecular flexibility index (Phi) is 8.21. The quantitative estimate of drug-likeness (QED) is 0.450. The van der Waals surface area contributed by atoms with E-state index in [-0.39, 0.29) is 5.82 Å². The van der Waals surface area contributed by atoms with Gasteiger partial charge in [-0.1, -0.05) is 24.3 Å². The molecule has 0 bridgehead atoms. The molecule has 8 heteroatoms. The average molecular weight is 454 g/mol. The van der Waals surface area contributed by atoms with Crippen LogP contribution in [0.2, 0.25) is 0 Å². The molecule has 0 aliphatic carbocycles. The average Bonchev–Trinajstić information content (AvgIpc) is 3.30. The molecule has 6 nitrogen and oxygen atoms in total. The first-order valence-corrected chi connectivity index (χ1v) is 11.4. The molecule has 2 aromatic carbocycles. The van der Waals surface area contributed by atoms with Crippen LogP contribution < -0.4 is 5.32 Å². The maximum atomic E-state index is 13.4. The van der Waals surface area contributed by atoms with Gasteiger partial charge in [-0.15, -0.1) is 0 Å². The van der Waals surface area contributed by atoms with Crippen molar-refractivity contribution in [3.05, 3.63) is 89.8 Å². The SMILES string of the molecule is CSCC[C@H](NC(=O)c1cccc(C=C(Cn2ccnc2)c2ccc(F)cc2)c1)C(=O)O. The zero-order chi connectivity index (χ0) is 22.9. The van der Waals surface area contributed by atoms with Crippen LogP contribution in [0.5, 0.6) is 0 Å². The molecule has 1 amide bonds. The van der Waals surface area contributed by atoms with E-state index in [9.17, 15) is 19.1 Å². The lowest BCUT2D eigenvalue weighted by atomic mass is 10.0. The number of hydrogen-bond acceptors (Lipinski definition) is 4. The number of thioether (sulfide) groups is 1. The van der Waals surface area contributed by atoms with Gasteiger partial charge in [0.15, 0.2) is 0 Å². The highest BCUT2D eigenvalue weighted by atomic mass is 32.2. The van der Waals surface area contributed by atoms with E-state index in [1.165, 1.54) is 23.9 Å². The van der Waals surface area contributed by atoms with Crippen LogP contribution in [0.3, 0.4) is 0 Å². The highest BCUT2D eigenvalue weighted by Crippen LogP contribution is 2.21. The third-order valence-electron chi connectivity index (χ3n) is 4.83. The highest BCUT2D eigenvalue weighted by Gasteiger charge is 2.20. The fraction of sp³-hybridized carbons (Fsp3) is 0.208. The summed E-state index contributed by atoms with van der Waals surface area (Å²) in [6.45, 7) is 0.512. The molecule has 0 aliphatic heterocycles. The zero-order valence-electron chi connectivity index (χ0n) is 17.6. The van der Waals surface area contributed by atoms with Crippen molar-refractivity contribution in [2.75, 3.05) is 12.0 Å². The second-order valence-electron chi connectivity index (χ2n) is 7.18. The largest absolute Gasteiger partial charge is 0.480 e. The number of carboxylic acids is 1. The van der Waals surface area contributed by atoms with Crippen molar-refractivity contribution < 1.29 is 19.1 Å². The maximum absolute atomic E-state index is 13.4. The lowest BCUT2D eigenvalue weighted by Crippen LogP contribution is -2.41. The first kappa shape index (κ1) is 23.3. The Morgan fingerprint density at radius 3 is 2.66 bits per heavy atom. The second-order valence-corrected chi connectivity index (χ2v) is 8.17. The second kappa shape index (κ2) is 11.3. The van der Waals surface area contributed by atoms with E-state index in [1.54, 1.807) is 42.9 Å². The smallest absolute Gasteiger partial charge is 0.326 e. The lowest BCUT2D eigenvalue weighted by Gasteiger charge is -2.14. The summed E-state index contributed by atoms with van der Waals surface area (Å²) < 4.78 is 15.3. The van der Waals surface area contributed by atoms with Gasteiger partial charge in [-0.3, -0.25) is 4.79 Å². The van der Waals surface area contributed by atoms with Crippen LogP contribution in [0.4, 0.5) is 4.39 Å². The topological polar surface area (TPSA) is 84.2 Å². The van der Waals surface area contributed by atoms with Crippen molar-refractivity contribution >= 4 is 35.3 Å². The molecule has 0 radical (unpaired) electrons. The number of aromatic nitrogens is 2. The van der Waals surface area contributed by atoms with E-state index in [0.717, 1.165) is 16.7 Å². The van der Waals surface area contributed by atoms with Gasteiger partial charge in [0.25, 0.3) is 5.91 Å². The van der Waals surface area contributed by atoms with Gasteiger partial charge < -0.3 is 15.0 Å². The third kappa shape index (κ3) is 6.55. The number of carbonyl (C=O) groups is 2. The molecular weight excluding hydrogens is 429 g/mol. The molecule has 2 N–H and O–H groups in total. The Hall–Kier alpha value is -3.39. The summed E-state index contributed by atoms with van der Waals surface area (Å²) >= 11 is 1.53. The van der Waals surface area contributed by atoms with Crippen molar-refractivity contribution in [3.63, 3.8) is 0 Å². The summed E-state index contributed by atoms with van der Waals surface area (Å²) in [6.07, 6.45) is 9.37. The summed E-state index contributed by atoms with van der Waals surface area (Å²) in [6, 6.07) is 12.2. The molecule has 32 heavy (non-hydrogen) atoms. The molecule has 3 rings (SSSR count). The van der Waals surface area contributed by atoms with Crippen molar-refractivity contribution in [3.8, 4) is 0 Å². The molecule has 0 saturated carbocycles. The van der Waals surface area contributed by atoms with Gasteiger partial charge >= 0.3 is 5.97 Å². The summed E-state index contributed by atoms with van der Waals surface area (Å²) in [5.41, 5.74) is 2.89. The molecule has 0 spiro atoms. The molecule has 0 unspecified atom stereocenters. The molecular formula is C24H24FN3O3S. The zero-order valence-corrected chi connectivity index (χ0v) is 18.4. The minimum absolute atomic E-state index is 0.316. The van der Waals surface area contributed by atoms with Crippen LogP contribution in [0.25, 0.3) is 11.6 Å². The van der Waals surface area contributed by atoms with Gasteiger partial charge in [0.2, 0.25) is 0 Å². The number of nitrogens with zero attached hydrogens (tertiary/aromatic N) is 2. The summed E-state index contributed by atoms with van der Waals surface area (Å²) in [5.74, 6) is -1.17. The van der Waals surface area contributed by atoms with Gasteiger partial charge in [0, 0.05) is 24.5 Å². The number of halogens is 1. The Labute approximate surface area is 190 Å². The standard InChI is InChI=1S/C24H24FN3O3S/c1-32-12-9-22(24(30)31)27-23(29)19-4-2-3-17(13-19)14-20(15-28-11-10-26-16-28)18-5-7-21(25)8-6-18/h2-8,10-11,13-14,16,22H,9,12,15H2,1H3,(H,27,29)(H,30,31)/t22-/m0/s1.